The Morgan fingerprint density at radius 1 is 1.39 bits per heavy atom. The van der Waals surface area contributed by atoms with Gasteiger partial charge in [-0.15, -0.1) is 0 Å². The molecule has 0 radical (unpaired) electrons. The van der Waals surface area contributed by atoms with Crippen molar-refractivity contribution >= 4 is 11.6 Å². The third-order valence-electron chi connectivity index (χ3n) is 4.91. The summed E-state index contributed by atoms with van der Waals surface area (Å²) in [5, 5.41) is 4.55. The highest BCUT2D eigenvalue weighted by Gasteiger charge is 2.32. The molecule has 5 heteroatoms. The van der Waals surface area contributed by atoms with Crippen molar-refractivity contribution in [2.75, 3.05) is 24.7 Å². The lowest BCUT2D eigenvalue weighted by molar-refractivity contribution is 0.0988. The molecule has 1 amide bonds. The summed E-state index contributed by atoms with van der Waals surface area (Å²) < 4.78 is 7.22. The van der Waals surface area contributed by atoms with E-state index in [1.807, 2.05) is 30.3 Å². The van der Waals surface area contributed by atoms with Crippen LogP contribution in [0.1, 0.15) is 39.5 Å². The summed E-state index contributed by atoms with van der Waals surface area (Å²) >= 11 is 0. The van der Waals surface area contributed by atoms with Gasteiger partial charge in [-0.3, -0.25) is 9.48 Å². The highest BCUT2D eigenvalue weighted by molar-refractivity contribution is 6.08. The minimum Gasteiger partial charge on any atom is -0.381 e. The zero-order chi connectivity index (χ0) is 16.0. The predicted molar refractivity (Wildman–Crippen MR) is 87.9 cm³/mol. The average molecular weight is 311 g/mol. The van der Waals surface area contributed by atoms with Gasteiger partial charge in [0.25, 0.3) is 5.91 Å². The molecular weight excluding hydrogens is 290 g/mol. The number of carbonyl (C=O) groups excluding carboxylic acids is 1. The van der Waals surface area contributed by atoms with Crippen molar-refractivity contribution in [2.45, 2.75) is 25.7 Å². The van der Waals surface area contributed by atoms with Crippen molar-refractivity contribution in [3.63, 3.8) is 0 Å². The van der Waals surface area contributed by atoms with Gasteiger partial charge in [-0.1, -0.05) is 12.1 Å². The molecule has 0 spiro atoms. The highest BCUT2D eigenvalue weighted by atomic mass is 16.5. The molecule has 2 aliphatic rings. The Morgan fingerprint density at radius 2 is 2.26 bits per heavy atom. The lowest BCUT2D eigenvalue weighted by atomic mass is 10.0. The number of benzene rings is 1. The van der Waals surface area contributed by atoms with Crippen LogP contribution in [-0.4, -0.2) is 35.4 Å². The first-order valence-corrected chi connectivity index (χ1v) is 8.17. The third-order valence-corrected chi connectivity index (χ3v) is 4.91. The average Bonchev–Trinajstić information content (AvgIpc) is 3.25. The van der Waals surface area contributed by atoms with E-state index >= 15 is 0 Å². The summed E-state index contributed by atoms with van der Waals surface area (Å²) in [5.74, 6) is 0.291. The SMILES string of the molecule is Cc1cccc2c1CCN2C(=O)c1cn(C)nc1[C@@H]1CCOC1. The van der Waals surface area contributed by atoms with Gasteiger partial charge in [-0.05, 0) is 37.0 Å². The fraction of sp³-hybridized carbons (Fsp3) is 0.444. The van der Waals surface area contributed by atoms with Crippen molar-refractivity contribution in [1.82, 2.24) is 9.78 Å². The molecule has 0 N–H and O–H groups in total. The Labute approximate surface area is 135 Å². The van der Waals surface area contributed by atoms with E-state index in [0.29, 0.717) is 6.61 Å². The van der Waals surface area contributed by atoms with Crippen LogP contribution in [0.25, 0.3) is 0 Å². The predicted octanol–water partition coefficient (Wildman–Crippen LogP) is 2.44. The van der Waals surface area contributed by atoms with E-state index in [1.54, 1.807) is 4.68 Å². The van der Waals surface area contributed by atoms with E-state index in [2.05, 4.69) is 18.1 Å². The van der Waals surface area contributed by atoms with Crippen LogP contribution in [0.4, 0.5) is 5.69 Å². The molecule has 0 aliphatic carbocycles. The van der Waals surface area contributed by atoms with E-state index < -0.39 is 0 Å². The second-order valence-electron chi connectivity index (χ2n) is 6.44. The van der Waals surface area contributed by atoms with Gasteiger partial charge in [0.2, 0.25) is 0 Å². The number of aryl methyl sites for hydroxylation is 2. The topological polar surface area (TPSA) is 47.4 Å². The molecule has 1 aromatic heterocycles. The molecule has 1 atom stereocenters. The van der Waals surface area contributed by atoms with Crippen LogP contribution in [0.3, 0.4) is 0 Å². The molecule has 1 saturated heterocycles. The first kappa shape index (κ1) is 14.5. The van der Waals surface area contributed by atoms with Gasteiger partial charge in [0.05, 0.1) is 17.9 Å². The molecule has 0 unspecified atom stereocenters. The summed E-state index contributed by atoms with van der Waals surface area (Å²) in [7, 11) is 1.87. The molecule has 2 aliphatic heterocycles. The van der Waals surface area contributed by atoms with Crippen LogP contribution in [0.2, 0.25) is 0 Å². The van der Waals surface area contributed by atoms with E-state index in [-0.39, 0.29) is 11.8 Å². The Hall–Kier alpha value is -2.14. The first-order valence-electron chi connectivity index (χ1n) is 8.17. The van der Waals surface area contributed by atoms with Crippen molar-refractivity contribution in [1.29, 1.82) is 0 Å². The van der Waals surface area contributed by atoms with Crippen LogP contribution in [0, 0.1) is 6.92 Å². The lowest BCUT2D eigenvalue weighted by Crippen LogP contribution is -2.29. The van der Waals surface area contributed by atoms with Crippen LogP contribution in [0.15, 0.2) is 24.4 Å². The smallest absolute Gasteiger partial charge is 0.261 e. The number of carbonyl (C=O) groups is 1. The summed E-state index contributed by atoms with van der Waals surface area (Å²) in [6.45, 7) is 4.26. The number of nitrogens with zero attached hydrogens (tertiary/aromatic N) is 3. The van der Waals surface area contributed by atoms with E-state index in [9.17, 15) is 4.79 Å². The molecule has 1 aromatic carbocycles. The Bertz CT molecular complexity index is 760. The van der Waals surface area contributed by atoms with Gasteiger partial charge in [-0.2, -0.15) is 5.10 Å². The van der Waals surface area contributed by atoms with Gasteiger partial charge in [0.15, 0.2) is 0 Å². The number of fused-ring (bicyclic) bond motifs is 1. The molecular formula is C18H21N3O2. The number of anilines is 1. The van der Waals surface area contributed by atoms with Gasteiger partial charge >= 0.3 is 0 Å². The Morgan fingerprint density at radius 3 is 3.04 bits per heavy atom. The molecule has 2 aromatic rings. The molecule has 120 valence electrons. The molecule has 23 heavy (non-hydrogen) atoms. The Balaban J connectivity index is 1.70. The molecule has 1 fully saturated rings. The Kier molecular flexibility index (Phi) is 3.45. The molecule has 0 bridgehead atoms. The number of rotatable bonds is 2. The largest absolute Gasteiger partial charge is 0.381 e. The fourth-order valence-corrected chi connectivity index (χ4v) is 3.69. The zero-order valence-corrected chi connectivity index (χ0v) is 13.6. The van der Waals surface area contributed by atoms with E-state index in [1.165, 1.54) is 11.1 Å². The van der Waals surface area contributed by atoms with Crippen LogP contribution in [0.5, 0.6) is 0 Å². The summed E-state index contributed by atoms with van der Waals surface area (Å²) in [6, 6.07) is 6.18. The lowest BCUT2D eigenvalue weighted by Gasteiger charge is -2.18. The monoisotopic (exact) mass is 311 g/mol. The summed E-state index contributed by atoms with van der Waals surface area (Å²) in [6.07, 6.45) is 3.71. The minimum absolute atomic E-state index is 0.0596. The van der Waals surface area contributed by atoms with Crippen molar-refractivity contribution in [2.24, 2.45) is 7.05 Å². The second kappa shape index (κ2) is 5.49. The standard InChI is InChI=1S/C18H21N3O2/c1-12-4-3-5-16-14(12)6-8-21(16)18(22)15-10-20(2)19-17(15)13-7-9-23-11-13/h3-5,10,13H,6-9,11H2,1-2H3/t13-/m1/s1. The number of hydrogen-bond donors (Lipinski definition) is 0. The van der Waals surface area contributed by atoms with E-state index in [0.717, 1.165) is 42.9 Å². The third kappa shape index (κ3) is 2.36. The fourth-order valence-electron chi connectivity index (χ4n) is 3.69. The summed E-state index contributed by atoms with van der Waals surface area (Å²) in [5.41, 5.74) is 5.20. The van der Waals surface area contributed by atoms with Crippen LogP contribution >= 0.6 is 0 Å². The zero-order valence-electron chi connectivity index (χ0n) is 13.6. The van der Waals surface area contributed by atoms with Gasteiger partial charge in [0.1, 0.15) is 0 Å². The van der Waals surface area contributed by atoms with E-state index in [4.69, 9.17) is 4.74 Å². The van der Waals surface area contributed by atoms with Crippen molar-refractivity contribution in [3.8, 4) is 0 Å². The van der Waals surface area contributed by atoms with Gasteiger partial charge < -0.3 is 9.64 Å². The maximum Gasteiger partial charge on any atom is 0.261 e. The quantitative estimate of drug-likeness (QED) is 0.856. The van der Waals surface area contributed by atoms with Gasteiger partial charge in [-0.25, -0.2) is 0 Å². The molecule has 5 nitrogen and oxygen atoms in total. The number of aromatic nitrogens is 2. The molecule has 0 saturated carbocycles. The normalized spacial score (nSPS) is 20.1. The van der Waals surface area contributed by atoms with Crippen LogP contribution in [-0.2, 0) is 18.2 Å². The molecule has 3 heterocycles. The molecule has 4 rings (SSSR count). The minimum atomic E-state index is 0.0596. The summed E-state index contributed by atoms with van der Waals surface area (Å²) in [4.78, 5) is 15.0. The van der Waals surface area contributed by atoms with Crippen molar-refractivity contribution in [3.05, 3.63) is 46.8 Å². The van der Waals surface area contributed by atoms with Crippen molar-refractivity contribution < 1.29 is 9.53 Å². The maximum absolute atomic E-state index is 13.1. The number of amides is 1. The van der Waals surface area contributed by atoms with Crippen LogP contribution < -0.4 is 4.90 Å². The number of hydrogen-bond acceptors (Lipinski definition) is 3. The second-order valence-corrected chi connectivity index (χ2v) is 6.44. The van der Waals surface area contributed by atoms with Gasteiger partial charge in [0, 0.05) is 38.0 Å². The highest BCUT2D eigenvalue weighted by Crippen LogP contribution is 2.33. The maximum atomic E-state index is 13.1. The number of ether oxygens (including phenoxy) is 1. The first-order chi connectivity index (χ1) is 11.1.